The van der Waals surface area contributed by atoms with Gasteiger partial charge in [-0.2, -0.15) is 0 Å². The van der Waals surface area contributed by atoms with Gasteiger partial charge in [0.15, 0.2) is 9.84 Å². The van der Waals surface area contributed by atoms with E-state index in [0.29, 0.717) is 12.1 Å². The van der Waals surface area contributed by atoms with Gasteiger partial charge in [0.05, 0.1) is 4.90 Å². The lowest BCUT2D eigenvalue weighted by molar-refractivity contribution is 0.0793. The Morgan fingerprint density at radius 2 is 1.84 bits per heavy atom. The monoisotopic (exact) mass is 284 g/mol. The summed E-state index contributed by atoms with van der Waals surface area (Å²) in [5, 5.41) is 3.02. The van der Waals surface area contributed by atoms with Crippen molar-refractivity contribution in [2.45, 2.75) is 11.3 Å². The highest BCUT2D eigenvalue weighted by Crippen LogP contribution is 2.11. The largest absolute Gasteiger partial charge is 0.342 e. The van der Waals surface area contributed by atoms with Gasteiger partial charge >= 0.3 is 0 Å². The maximum Gasteiger partial charge on any atom is 0.253 e. The molecule has 0 aliphatic rings. The first-order valence-electron chi connectivity index (χ1n) is 6.06. The molecule has 0 bridgehead atoms. The first-order valence-corrected chi connectivity index (χ1v) is 7.95. The maximum atomic E-state index is 12.1. The van der Waals surface area contributed by atoms with Crippen LogP contribution in [0.4, 0.5) is 0 Å². The van der Waals surface area contributed by atoms with Crippen LogP contribution in [0.2, 0.25) is 0 Å². The standard InChI is InChI=1S/C13H20N2O3S/c1-14-9-4-10-15(2)13(16)11-5-7-12(8-6-11)19(3,17)18/h5-8,14H,4,9-10H2,1-3H3. The van der Waals surface area contributed by atoms with E-state index in [9.17, 15) is 13.2 Å². The highest BCUT2D eigenvalue weighted by atomic mass is 32.2. The molecule has 0 aromatic heterocycles. The Morgan fingerprint density at radius 3 is 2.32 bits per heavy atom. The number of nitrogens with zero attached hydrogens (tertiary/aromatic N) is 1. The summed E-state index contributed by atoms with van der Waals surface area (Å²) in [5.74, 6) is -0.101. The van der Waals surface area contributed by atoms with E-state index in [0.717, 1.165) is 19.2 Å². The molecule has 106 valence electrons. The van der Waals surface area contributed by atoms with Gasteiger partial charge in [-0.15, -0.1) is 0 Å². The van der Waals surface area contributed by atoms with Crippen molar-refractivity contribution in [3.05, 3.63) is 29.8 Å². The molecule has 0 heterocycles. The molecule has 19 heavy (non-hydrogen) atoms. The number of hydrogen-bond acceptors (Lipinski definition) is 4. The molecule has 0 saturated carbocycles. The van der Waals surface area contributed by atoms with E-state index >= 15 is 0 Å². The maximum absolute atomic E-state index is 12.1. The zero-order valence-electron chi connectivity index (χ0n) is 11.5. The number of benzene rings is 1. The third-order valence-electron chi connectivity index (χ3n) is 2.80. The number of hydrogen-bond donors (Lipinski definition) is 1. The van der Waals surface area contributed by atoms with Crippen LogP contribution in [-0.2, 0) is 9.84 Å². The summed E-state index contributed by atoms with van der Waals surface area (Å²) in [4.78, 5) is 13.9. The Kier molecular flexibility index (Phi) is 5.50. The minimum atomic E-state index is -3.22. The number of carbonyl (C=O) groups is 1. The molecule has 5 nitrogen and oxygen atoms in total. The lowest BCUT2D eigenvalue weighted by Gasteiger charge is -2.17. The van der Waals surface area contributed by atoms with E-state index in [1.807, 2.05) is 7.05 Å². The number of rotatable bonds is 6. The van der Waals surface area contributed by atoms with Crippen LogP contribution in [0.1, 0.15) is 16.8 Å². The Hall–Kier alpha value is -1.40. The summed E-state index contributed by atoms with van der Waals surface area (Å²) in [6.45, 7) is 1.51. The van der Waals surface area contributed by atoms with Crippen LogP contribution in [0.25, 0.3) is 0 Å². The van der Waals surface area contributed by atoms with Gasteiger partial charge in [0, 0.05) is 25.4 Å². The molecule has 0 unspecified atom stereocenters. The number of sulfone groups is 1. The van der Waals surface area contributed by atoms with Crippen molar-refractivity contribution >= 4 is 15.7 Å². The van der Waals surface area contributed by atoms with Crippen molar-refractivity contribution in [2.24, 2.45) is 0 Å². The molecule has 1 aromatic carbocycles. The highest BCUT2D eigenvalue weighted by molar-refractivity contribution is 7.90. The molecule has 1 N–H and O–H groups in total. The van der Waals surface area contributed by atoms with Gasteiger partial charge in [-0.1, -0.05) is 0 Å². The molecule has 6 heteroatoms. The molecule has 1 aromatic rings. The predicted octanol–water partition coefficient (Wildman–Crippen LogP) is 0.772. The smallest absolute Gasteiger partial charge is 0.253 e. The highest BCUT2D eigenvalue weighted by Gasteiger charge is 2.13. The Morgan fingerprint density at radius 1 is 1.26 bits per heavy atom. The molecule has 0 aliphatic carbocycles. The molecule has 0 atom stereocenters. The van der Waals surface area contributed by atoms with Crippen molar-refractivity contribution in [1.82, 2.24) is 10.2 Å². The minimum Gasteiger partial charge on any atom is -0.342 e. The second kappa shape index (κ2) is 6.68. The zero-order chi connectivity index (χ0) is 14.5. The van der Waals surface area contributed by atoms with Crippen LogP contribution >= 0.6 is 0 Å². The van der Waals surface area contributed by atoms with Gasteiger partial charge in [0.2, 0.25) is 0 Å². The van der Waals surface area contributed by atoms with Crippen LogP contribution in [0.3, 0.4) is 0 Å². The van der Waals surface area contributed by atoms with Gasteiger partial charge in [-0.25, -0.2) is 8.42 Å². The number of carbonyl (C=O) groups excluding carboxylic acids is 1. The van der Waals surface area contributed by atoms with Crippen LogP contribution in [0.15, 0.2) is 29.2 Å². The molecule has 0 radical (unpaired) electrons. The average Bonchev–Trinajstić information content (AvgIpc) is 2.37. The van der Waals surface area contributed by atoms with Gasteiger partial charge in [0.1, 0.15) is 0 Å². The minimum absolute atomic E-state index is 0.101. The van der Waals surface area contributed by atoms with Crippen molar-refractivity contribution in [3.8, 4) is 0 Å². The summed E-state index contributed by atoms with van der Waals surface area (Å²) in [7, 11) is 0.389. The number of amides is 1. The topological polar surface area (TPSA) is 66.5 Å². The van der Waals surface area contributed by atoms with Crippen LogP contribution in [0.5, 0.6) is 0 Å². The van der Waals surface area contributed by atoms with E-state index < -0.39 is 9.84 Å². The van der Waals surface area contributed by atoms with Crippen LogP contribution in [-0.4, -0.2) is 52.7 Å². The molecular formula is C13H20N2O3S. The first-order chi connectivity index (χ1) is 8.86. The summed E-state index contributed by atoms with van der Waals surface area (Å²) < 4.78 is 22.6. The molecular weight excluding hydrogens is 264 g/mol. The molecule has 0 aliphatic heterocycles. The number of nitrogens with one attached hydrogen (secondary N) is 1. The second-order valence-electron chi connectivity index (χ2n) is 4.48. The van der Waals surface area contributed by atoms with Crippen molar-refractivity contribution < 1.29 is 13.2 Å². The van der Waals surface area contributed by atoms with E-state index in [4.69, 9.17) is 0 Å². The summed E-state index contributed by atoms with van der Waals surface area (Å²) >= 11 is 0. The molecule has 1 rings (SSSR count). The van der Waals surface area contributed by atoms with Gasteiger partial charge in [-0.05, 0) is 44.3 Å². The molecule has 0 fully saturated rings. The fraction of sp³-hybridized carbons (Fsp3) is 0.462. The van der Waals surface area contributed by atoms with E-state index in [-0.39, 0.29) is 10.8 Å². The normalized spacial score (nSPS) is 11.3. The SMILES string of the molecule is CNCCCN(C)C(=O)c1ccc(S(C)(=O)=O)cc1. The third-order valence-corrected chi connectivity index (χ3v) is 3.92. The summed E-state index contributed by atoms with van der Waals surface area (Å²) in [6, 6.07) is 6.02. The second-order valence-corrected chi connectivity index (χ2v) is 6.50. The fourth-order valence-electron chi connectivity index (χ4n) is 1.66. The Labute approximate surface area is 114 Å². The molecule has 1 amide bonds. The summed E-state index contributed by atoms with van der Waals surface area (Å²) in [6.07, 6.45) is 2.02. The lowest BCUT2D eigenvalue weighted by Crippen LogP contribution is -2.29. The van der Waals surface area contributed by atoms with Crippen molar-refractivity contribution in [2.75, 3.05) is 33.4 Å². The Balaban J connectivity index is 2.73. The quantitative estimate of drug-likeness (QED) is 0.784. The van der Waals surface area contributed by atoms with Gasteiger partial charge in [0.25, 0.3) is 5.91 Å². The van der Waals surface area contributed by atoms with E-state index in [1.54, 1.807) is 24.1 Å². The van der Waals surface area contributed by atoms with Crippen molar-refractivity contribution in [1.29, 1.82) is 0 Å². The predicted molar refractivity (Wildman–Crippen MR) is 75.1 cm³/mol. The molecule has 0 saturated heterocycles. The lowest BCUT2D eigenvalue weighted by atomic mass is 10.2. The van der Waals surface area contributed by atoms with E-state index in [2.05, 4.69) is 5.32 Å². The van der Waals surface area contributed by atoms with Crippen LogP contribution < -0.4 is 5.32 Å². The zero-order valence-corrected chi connectivity index (χ0v) is 12.3. The summed E-state index contributed by atoms with van der Waals surface area (Å²) in [5.41, 5.74) is 0.499. The fourth-order valence-corrected chi connectivity index (χ4v) is 2.29. The van der Waals surface area contributed by atoms with Crippen molar-refractivity contribution in [3.63, 3.8) is 0 Å². The third kappa shape index (κ3) is 4.65. The first kappa shape index (κ1) is 15.7. The van der Waals surface area contributed by atoms with E-state index in [1.165, 1.54) is 12.1 Å². The average molecular weight is 284 g/mol. The van der Waals surface area contributed by atoms with Gasteiger partial charge in [-0.3, -0.25) is 4.79 Å². The Bertz CT molecular complexity index is 523. The van der Waals surface area contributed by atoms with Crippen LogP contribution in [0, 0.1) is 0 Å². The molecule has 0 spiro atoms. The van der Waals surface area contributed by atoms with Gasteiger partial charge < -0.3 is 10.2 Å².